The summed E-state index contributed by atoms with van der Waals surface area (Å²) in [6.45, 7) is 4.40. The Morgan fingerprint density at radius 2 is 2.29 bits per heavy atom. The number of thioether (sulfide) groups is 1. The highest BCUT2D eigenvalue weighted by molar-refractivity contribution is 8.00. The Morgan fingerprint density at radius 1 is 1.64 bits per heavy atom. The maximum Gasteiger partial charge on any atom is 0.219 e. The van der Waals surface area contributed by atoms with Crippen molar-refractivity contribution < 1.29 is 13.5 Å². The smallest absolute Gasteiger partial charge is 0.219 e. The van der Waals surface area contributed by atoms with Gasteiger partial charge in [0.2, 0.25) is 10.0 Å². The highest BCUT2D eigenvalue weighted by Gasteiger charge is 2.31. The number of hydrogen-bond donors (Lipinski definition) is 1. The second-order valence-electron chi connectivity index (χ2n) is 3.58. The summed E-state index contributed by atoms with van der Waals surface area (Å²) >= 11 is 1.79. The fourth-order valence-electron chi connectivity index (χ4n) is 1.37. The van der Waals surface area contributed by atoms with Crippen molar-refractivity contribution >= 4 is 21.8 Å². The second kappa shape index (κ2) is 4.83. The highest BCUT2D eigenvalue weighted by Crippen LogP contribution is 2.21. The first-order chi connectivity index (χ1) is 6.48. The summed E-state index contributed by atoms with van der Waals surface area (Å²) < 4.78 is 25.1. The SMILES string of the molecule is CC1CN(S(=O)(=O)C(C)CO)CCS1. The van der Waals surface area contributed by atoms with Crippen LogP contribution < -0.4 is 0 Å². The van der Waals surface area contributed by atoms with Crippen LogP contribution in [0.3, 0.4) is 0 Å². The van der Waals surface area contributed by atoms with Gasteiger partial charge in [-0.05, 0) is 6.92 Å². The summed E-state index contributed by atoms with van der Waals surface area (Å²) in [5, 5.41) is 8.52. The zero-order valence-corrected chi connectivity index (χ0v) is 10.1. The standard InChI is InChI=1S/C8H17NO3S2/c1-7-5-9(3-4-13-7)14(11,12)8(2)6-10/h7-8,10H,3-6H2,1-2H3. The Labute approximate surface area is 89.7 Å². The Hall–Kier alpha value is 0.220. The largest absolute Gasteiger partial charge is 0.395 e. The summed E-state index contributed by atoms with van der Waals surface area (Å²) in [5.74, 6) is 0.846. The molecule has 0 saturated carbocycles. The number of aliphatic hydroxyl groups is 1. The van der Waals surface area contributed by atoms with E-state index in [-0.39, 0.29) is 6.61 Å². The molecule has 1 heterocycles. The van der Waals surface area contributed by atoms with Gasteiger partial charge < -0.3 is 5.11 Å². The monoisotopic (exact) mass is 239 g/mol. The fourth-order valence-corrected chi connectivity index (χ4v) is 4.06. The van der Waals surface area contributed by atoms with E-state index in [9.17, 15) is 8.42 Å². The molecule has 4 nitrogen and oxygen atoms in total. The summed E-state index contributed by atoms with van der Waals surface area (Å²) in [4.78, 5) is 0. The molecule has 1 saturated heterocycles. The first-order valence-corrected chi connectivity index (χ1v) is 7.25. The van der Waals surface area contributed by atoms with E-state index in [0.29, 0.717) is 18.3 Å². The summed E-state index contributed by atoms with van der Waals surface area (Å²) in [5.41, 5.74) is 0. The predicted molar refractivity (Wildman–Crippen MR) is 59.0 cm³/mol. The Bertz CT molecular complexity index is 278. The van der Waals surface area contributed by atoms with Crippen LogP contribution in [0.1, 0.15) is 13.8 Å². The van der Waals surface area contributed by atoms with Gasteiger partial charge in [0.25, 0.3) is 0 Å². The molecule has 0 aromatic rings. The number of hydrogen-bond acceptors (Lipinski definition) is 4. The third kappa shape index (κ3) is 2.62. The molecule has 84 valence electrons. The number of aliphatic hydroxyl groups excluding tert-OH is 1. The number of sulfonamides is 1. The molecule has 0 spiro atoms. The number of nitrogens with zero attached hydrogens (tertiary/aromatic N) is 1. The van der Waals surface area contributed by atoms with Crippen LogP contribution in [0.15, 0.2) is 0 Å². The van der Waals surface area contributed by atoms with Gasteiger partial charge in [0.1, 0.15) is 0 Å². The molecule has 0 radical (unpaired) electrons. The van der Waals surface area contributed by atoms with Gasteiger partial charge in [0.15, 0.2) is 0 Å². The Morgan fingerprint density at radius 3 is 2.79 bits per heavy atom. The van der Waals surface area contributed by atoms with Crippen molar-refractivity contribution in [1.82, 2.24) is 4.31 Å². The third-order valence-corrected chi connectivity index (χ3v) is 5.68. The average Bonchev–Trinajstić information content (AvgIpc) is 2.16. The summed E-state index contributed by atoms with van der Waals surface area (Å²) in [7, 11) is -3.28. The van der Waals surface area contributed by atoms with E-state index in [4.69, 9.17) is 5.11 Å². The third-order valence-electron chi connectivity index (χ3n) is 2.33. The van der Waals surface area contributed by atoms with Gasteiger partial charge in [-0.2, -0.15) is 16.1 Å². The van der Waals surface area contributed by atoms with Crippen molar-refractivity contribution in [3.63, 3.8) is 0 Å². The molecule has 1 aliphatic heterocycles. The van der Waals surface area contributed by atoms with E-state index in [1.54, 1.807) is 18.7 Å². The molecule has 1 N–H and O–H groups in total. The van der Waals surface area contributed by atoms with Crippen LogP contribution in [0.5, 0.6) is 0 Å². The second-order valence-corrected chi connectivity index (χ2v) is 7.47. The van der Waals surface area contributed by atoms with Gasteiger partial charge in [-0.1, -0.05) is 6.92 Å². The van der Waals surface area contributed by atoms with E-state index in [0.717, 1.165) is 5.75 Å². The van der Waals surface area contributed by atoms with Crippen molar-refractivity contribution in [1.29, 1.82) is 0 Å². The van der Waals surface area contributed by atoms with E-state index >= 15 is 0 Å². The van der Waals surface area contributed by atoms with Crippen LogP contribution in [0.25, 0.3) is 0 Å². The van der Waals surface area contributed by atoms with Crippen LogP contribution >= 0.6 is 11.8 Å². The van der Waals surface area contributed by atoms with Crippen molar-refractivity contribution in [3.05, 3.63) is 0 Å². The Kier molecular flexibility index (Phi) is 4.24. The first-order valence-electron chi connectivity index (χ1n) is 4.70. The minimum atomic E-state index is -3.28. The van der Waals surface area contributed by atoms with Crippen LogP contribution in [-0.2, 0) is 10.0 Å². The van der Waals surface area contributed by atoms with Gasteiger partial charge in [-0.15, -0.1) is 0 Å². The maximum absolute atomic E-state index is 11.8. The molecular weight excluding hydrogens is 222 g/mol. The van der Waals surface area contributed by atoms with E-state index < -0.39 is 15.3 Å². The minimum Gasteiger partial charge on any atom is -0.395 e. The Balaban J connectivity index is 2.72. The molecule has 1 aliphatic rings. The van der Waals surface area contributed by atoms with Gasteiger partial charge in [0.05, 0.1) is 11.9 Å². The lowest BCUT2D eigenvalue weighted by Gasteiger charge is -2.31. The molecule has 0 aromatic heterocycles. The molecule has 1 rings (SSSR count). The first kappa shape index (κ1) is 12.3. The van der Waals surface area contributed by atoms with Crippen LogP contribution in [-0.4, -0.2) is 53.8 Å². The van der Waals surface area contributed by atoms with E-state index in [1.165, 1.54) is 4.31 Å². The predicted octanol–water partition coefficient (Wildman–Crippen LogP) is 0.134. The van der Waals surface area contributed by atoms with E-state index in [2.05, 4.69) is 0 Å². The fraction of sp³-hybridized carbons (Fsp3) is 1.00. The van der Waals surface area contributed by atoms with Crippen LogP contribution in [0.4, 0.5) is 0 Å². The van der Waals surface area contributed by atoms with Crippen molar-refractivity contribution in [2.75, 3.05) is 25.4 Å². The molecule has 1 fully saturated rings. The topological polar surface area (TPSA) is 57.6 Å². The summed E-state index contributed by atoms with van der Waals surface area (Å²) in [6, 6.07) is 0. The normalized spacial score (nSPS) is 27.5. The molecule has 2 atom stereocenters. The zero-order valence-electron chi connectivity index (χ0n) is 8.51. The van der Waals surface area contributed by atoms with Crippen LogP contribution in [0, 0.1) is 0 Å². The van der Waals surface area contributed by atoms with Gasteiger partial charge in [0, 0.05) is 24.1 Å². The molecule has 2 unspecified atom stereocenters. The lowest BCUT2D eigenvalue weighted by molar-refractivity contribution is 0.289. The molecule has 14 heavy (non-hydrogen) atoms. The van der Waals surface area contributed by atoms with Gasteiger partial charge in [-0.25, -0.2) is 8.42 Å². The minimum absolute atomic E-state index is 0.305. The molecular formula is C8H17NO3S2. The van der Waals surface area contributed by atoms with Gasteiger partial charge >= 0.3 is 0 Å². The van der Waals surface area contributed by atoms with Gasteiger partial charge in [-0.3, -0.25) is 0 Å². The van der Waals surface area contributed by atoms with Crippen molar-refractivity contribution in [3.8, 4) is 0 Å². The molecule has 0 bridgehead atoms. The summed E-state index contributed by atoms with van der Waals surface area (Å²) in [6.07, 6.45) is 0. The maximum atomic E-state index is 11.8. The zero-order chi connectivity index (χ0) is 10.8. The molecule has 0 aromatic carbocycles. The van der Waals surface area contributed by atoms with Crippen LogP contribution in [0.2, 0.25) is 0 Å². The molecule has 0 amide bonds. The van der Waals surface area contributed by atoms with Crippen molar-refractivity contribution in [2.45, 2.75) is 24.3 Å². The number of rotatable bonds is 3. The lowest BCUT2D eigenvalue weighted by atomic mass is 10.4. The quantitative estimate of drug-likeness (QED) is 0.761. The average molecular weight is 239 g/mol. The molecule has 6 heteroatoms. The highest BCUT2D eigenvalue weighted by atomic mass is 32.2. The lowest BCUT2D eigenvalue weighted by Crippen LogP contribution is -2.45. The van der Waals surface area contributed by atoms with Crippen molar-refractivity contribution in [2.24, 2.45) is 0 Å². The van der Waals surface area contributed by atoms with E-state index in [1.807, 2.05) is 6.92 Å². The molecule has 0 aliphatic carbocycles.